The minimum atomic E-state index is 0.306. The molecule has 0 radical (unpaired) electrons. The van der Waals surface area contributed by atoms with E-state index < -0.39 is 0 Å². The van der Waals surface area contributed by atoms with Crippen LogP contribution < -0.4 is 4.90 Å². The lowest BCUT2D eigenvalue weighted by atomic mass is 10.2. The van der Waals surface area contributed by atoms with E-state index in [9.17, 15) is 4.79 Å². The number of benzene rings is 1. The molecule has 0 saturated carbocycles. The topological polar surface area (TPSA) is 30.0 Å². The maximum atomic E-state index is 12.3. The molecule has 5 nitrogen and oxygen atoms in total. The van der Waals surface area contributed by atoms with Crippen LogP contribution in [0.3, 0.4) is 0 Å². The summed E-state index contributed by atoms with van der Waals surface area (Å²) in [6.45, 7) is 8.58. The maximum absolute atomic E-state index is 12.3. The number of amides is 1. The molecule has 2 aliphatic heterocycles. The molecule has 24 heavy (non-hydrogen) atoms. The zero-order valence-electron chi connectivity index (χ0n) is 14.5. The third kappa shape index (κ3) is 4.62. The van der Waals surface area contributed by atoms with E-state index in [2.05, 4.69) is 27.8 Å². The highest BCUT2D eigenvalue weighted by molar-refractivity contribution is 6.30. The Morgan fingerprint density at radius 2 is 1.75 bits per heavy atom. The Labute approximate surface area is 149 Å². The number of hydrogen-bond acceptors (Lipinski definition) is 4. The van der Waals surface area contributed by atoms with E-state index in [4.69, 9.17) is 11.6 Å². The van der Waals surface area contributed by atoms with E-state index in [0.29, 0.717) is 12.3 Å². The zero-order chi connectivity index (χ0) is 16.9. The quantitative estimate of drug-likeness (QED) is 0.825. The molecule has 2 heterocycles. The van der Waals surface area contributed by atoms with Gasteiger partial charge in [0.05, 0.1) is 0 Å². The molecule has 132 valence electrons. The summed E-state index contributed by atoms with van der Waals surface area (Å²) >= 11 is 6.08. The fourth-order valence-electron chi connectivity index (χ4n) is 3.37. The third-order valence-electron chi connectivity index (χ3n) is 5.04. The van der Waals surface area contributed by atoms with Crippen molar-refractivity contribution in [1.82, 2.24) is 14.7 Å². The SMILES string of the molecule is CN1CCN(C(=O)CCN2CCN(c3cccc(Cl)c3)CC2)CC1. The summed E-state index contributed by atoms with van der Waals surface area (Å²) < 4.78 is 0. The van der Waals surface area contributed by atoms with Gasteiger partial charge in [0.1, 0.15) is 0 Å². The average Bonchev–Trinajstić information content (AvgIpc) is 2.61. The summed E-state index contributed by atoms with van der Waals surface area (Å²) in [6, 6.07) is 8.04. The largest absolute Gasteiger partial charge is 0.369 e. The van der Waals surface area contributed by atoms with Gasteiger partial charge in [-0.2, -0.15) is 0 Å². The maximum Gasteiger partial charge on any atom is 0.223 e. The van der Waals surface area contributed by atoms with Gasteiger partial charge >= 0.3 is 0 Å². The highest BCUT2D eigenvalue weighted by Gasteiger charge is 2.21. The summed E-state index contributed by atoms with van der Waals surface area (Å²) in [5.41, 5.74) is 1.19. The van der Waals surface area contributed by atoms with Gasteiger partial charge in [0.15, 0.2) is 0 Å². The van der Waals surface area contributed by atoms with Gasteiger partial charge in [-0.3, -0.25) is 9.69 Å². The van der Waals surface area contributed by atoms with Crippen molar-refractivity contribution >= 4 is 23.2 Å². The van der Waals surface area contributed by atoms with Crippen molar-refractivity contribution in [1.29, 1.82) is 0 Å². The Bertz CT molecular complexity index is 552. The number of piperazine rings is 2. The van der Waals surface area contributed by atoms with Crippen molar-refractivity contribution < 1.29 is 4.79 Å². The molecular formula is C18H27ClN4O. The number of nitrogens with zero attached hydrogens (tertiary/aromatic N) is 4. The number of carbonyl (C=O) groups is 1. The minimum absolute atomic E-state index is 0.306. The van der Waals surface area contributed by atoms with Crippen LogP contribution in [0.1, 0.15) is 6.42 Å². The van der Waals surface area contributed by atoms with Gasteiger partial charge in [-0.05, 0) is 25.2 Å². The van der Waals surface area contributed by atoms with Crippen LogP contribution in [-0.2, 0) is 4.79 Å². The van der Waals surface area contributed by atoms with E-state index in [1.807, 2.05) is 23.1 Å². The Balaban J connectivity index is 1.40. The first-order valence-corrected chi connectivity index (χ1v) is 9.19. The smallest absolute Gasteiger partial charge is 0.223 e. The lowest BCUT2D eigenvalue weighted by Gasteiger charge is -2.37. The molecule has 2 fully saturated rings. The van der Waals surface area contributed by atoms with Gasteiger partial charge in [-0.1, -0.05) is 17.7 Å². The molecule has 0 N–H and O–H groups in total. The Kier molecular flexibility index (Phi) is 5.98. The number of anilines is 1. The van der Waals surface area contributed by atoms with Crippen molar-refractivity contribution in [2.24, 2.45) is 0 Å². The standard InChI is InChI=1S/C18H27ClN4O/c1-20-7-11-23(12-8-20)18(24)5-6-21-9-13-22(14-10-21)17-4-2-3-16(19)15-17/h2-4,15H,5-14H2,1H3. The van der Waals surface area contributed by atoms with Gasteiger partial charge in [0.25, 0.3) is 0 Å². The number of hydrogen-bond donors (Lipinski definition) is 0. The molecule has 6 heteroatoms. The fourth-order valence-corrected chi connectivity index (χ4v) is 3.55. The van der Waals surface area contributed by atoms with Crippen molar-refractivity contribution in [2.75, 3.05) is 70.9 Å². The van der Waals surface area contributed by atoms with Gasteiger partial charge in [-0.25, -0.2) is 0 Å². The van der Waals surface area contributed by atoms with Crippen LogP contribution in [0.2, 0.25) is 5.02 Å². The third-order valence-corrected chi connectivity index (χ3v) is 5.28. The summed E-state index contributed by atoms with van der Waals surface area (Å²) in [6.07, 6.45) is 0.640. The number of likely N-dealkylation sites (N-methyl/N-ethyl adjacent to an activating group) is 1. The van der Waals surface area contributed by atoms with E-state index in [1.54, 1.807) is 0 Å². The number of halogens is 1. The second kappa shape index (κ2) is 8.19. The molecule has 0 aromatic heterocycles. The molecule has 0 aliphatic carbocycles. The van der Waals surface area contributed by atoms with E-state index >= 15 is 0 Å². The first-order chi connectivity index (χ1) is 11.6. The Morgan fingerprint density at radius 3 is 2.42 bits per heavy atom. The van der Waals surface area contributed by atoms with E-state index in [0.717, 1.165) is 63.9 Å². The van der Waals surface area contributed by atoms with Crippen LogP contribution in [-0.4, -0.2) is 86.6 Å². The minimum Gasteiger partial charge on any atom is -0.369 e. The molecule has 0 bridgehead atoms. The molecule has 2 aliphatic rings. The summed E-state index contributed by atoms with van der Waals surface area (Å²) in [7, 11) is 2.11. The molecule has 0 spiro atoms. The van der Waals surface area contributed by atoms with E-state index in [1.165, 1.54) is 5.69 Å². The lowest BCUT2D eigenvalue weighted by molar-refractivity contribution is -0.133. The number of rotatable bonds is 4. The lowest BCUT2D eigenvalue weighted by Crippen LogP contribution is -2.49. The van der Waals surface area contributed by atoms with Gasteiger partial charge in [-0.15, -0.1) is 0 Å². The molecule has 0 atom stereocenters. The summed E-state index contributed by atoms with van der Waals surface area (Å²) in [4.78, 5) is 21.4. The van der Waals surface area contributed by atoms with Crippen LogP contribution in [0.15, 0.2) is 24.3 Å². The molecule has 2 saturated heterocycles. The van der Waals surface area contributed by atoms with Crippen molar-refractivity contribution in [3.8, 4) is 0 Å². The molecule has 3 rings (SSSR count). The Morgan fingerprint density at radius 1 is 1.04 bits per heavy atom. The first-order valence-electron chi connectivity index (χ1n) is 8.81. The van der Waals surface area contributed by atoms with Gasteiger partial charge in [0, 0.05) is 76.0 Å². The molecule has 1 aromatic rings. The molecule has 0 unspecified atom stereocenters. The molecular weight excluding hydrogens is 324 g/mol. The van der Waals surface area contributed by atoms with E-state index in [-0.39, 0.29) is 0 Å². The highest BCUT2D eigenvalue weighted by atomic mass is 35.5. The molecule has 1 amide bonds. The van der Waals surface area contributed by atoms with Crippen LogP contribution in [0.4, 0.5) is 5.69 Å². The second-order valence-electron chi connectivity index (χ2n) is 6.74. The summed E-state index contributed by atoms with van der Waals surface area (Å²) in [5.74, 6) is 0.306. The van der Waals surface area contributed by atoms with Crippen molar-refractivity contribution in [2.45, 2.75) is 6.42 Å². The average molecular weight is 351 g/mol. The van der Waals surface area contributed by atoms with Crippen LogP contribution in [0, 0.1) is 0 Å². The van der Waals surface area contributed by atoms with Crippen molar-refractivity contribution in [3.05, 3.63) is 29.3 Å². The highest BCUT2D eigenvalue weighted by Crippen LogP contribution is 2.20. The summed E-state index contributed by atoms with van der Waals surface area (Å²) in [5, 5.41) is 0.785. The Hall–Kier alpha value is -1.30. The van der Waals surface area contributed by atoms with Gasteiger partial charge in [0.2, 0.25) is 5.91 Å². The van der Waals surface area contributed by atoms with Crippen molar-refractivity contribution in [3.63, 3.8) is 0 Å². The van der Waals surface area contributed by atoms with Crippen LogP contribution >= 0.6 is 11.6 Å². The molecule has 1 aromatic carbocycles. The second-order valence-corrected chi connectivity index (χ2v) is 7.18. The first kappa shape index (κ1) is 17.5. The fraction of sp³-hybridized carbons (Fsp3) is 0.611. The predicted molar refractivity (Wildman–Crippen MR) is 98.8 cm³/mol. The predicted octanol–water partition coefficient (Wildman–Crippen LogP) is 1.63. The van der Waals surface area contributed by atoms with Crippen LogP contribution in [0.25, 0.3) is 0 Å². The van der Waals surface area contributed by atoms with Gasteiger partial charge < -0.3 is 14.7 Å². The zero-order valence-corrected chi connectivity index (χ0v) is 15.2. The monoisotopic (exact) mass is 350 g/mol. The number of carbonyl (C=O) groups excluding carboxylic acids is 1. The van der Waals surface area contributed by atoms with Crippen LogP contribution in [0.5, 0.6) is 0 Å². The normalized spacial score (nSPS) is 20.4.